The van der Waals surface area contributed by atoms with Crippen molar-refractivity contribution in [2.45, 2.75) is 31.1 Å². The fourth-order valence-electron chi connectivity index (χ4n) is 2.48. The summed E-state index contributed by atoms with van der Waals surface area (Å²) in [5.74, 6) is 0.266. The Morgan fingerprint density at radius 1 is 1.50 bits per heavy atom. The maximum atomic E-state index is 10.6. The number of anilines is 1. The predicted molar refractivity (Wildman–Crippen MR) is 80.9 cm³/mol. The van der Waals surface area contributed by atoms with Crippen LogP contribution in [-0.2, 0) is 14.3 Å². The molecule has 3 heterocycles. The summed E-state index contributed by atoms with van der Waals surface area (Å²) in [5.41, 5.74) is 4.43. The van der Waals surface area contributed by atoms with Crippen LogP contribution in [0.15, 0.2) is 18.6 Å². The zero-order valence-corrected chi connectivity index (χ0v) is 13.4. The number of fused-ring (bicyclic) bond motifs is 1. The van der Waals surface area contributed by atoms with Crippen molar-refractivity contribution >= 4 is 25.2 Å². The molecule has 1 aliphatic heterocycles. The van der Waals surface area contributed by atoms with Crippen molar-refractivity contribution in [2.75, 3.05) is 12.1 Å². The normalized spacial score (nSPS) is 31.6. The van der Waals surface area contributed by atoms with Crippen LogP contribution >= 0.6 is 8.38 Å². The number of nitrogens with zero attached hydrogens (tertiary/aromatic N) is 3. The van der Waals surface area contributed by atoms with Crippen molar-refractivity contribution in [1.29, 1.82) is 0 Å². The molecule has 0 amide bonds. The Bertz CT molecular complexity index is 726. The second-order valence-corrected chi connectivity index (χ2v) is 6.55. The number of ether oxygens (including phenoxy) is 1. The first-order chi connectivity index (χ1) is 11.4. The fourth-order valence-corrected chi connectivity index (χ4v) is 2.71. The first kappa shape index (κ1) is 17.4. The molecule has 0 bridgehead atoms. The van der Waals surface area contributed by atoms with Crippen molar-refractivity contribution in [3.8, 4) is 0 Å². The van der Waals surface area contributed by atoms with E-state index in [-0.39, 0.29) is 5.82 Å². The first-order valence-corrected chi connectivity index (χ1v) is 8.29. The van der Waals surface area contributed by atoms with Gasteiger partial charge in [-0.15, -0.1) is 0 Å². The van der Waals surface area contributed by atoms with E-state index in [0.717, 1.165) is 0 Å². The number of aromatic nitrogens is 3. The van der Waals surface area contributed by atoms with E-state index in [1.807, 2.05) is 0 Å². The average molecular weight is 360 g/mol. The first-order valence-electron chi connectivity index (χ1n) is 6.90. The molecular formula is C12H17N4O7P. The average Bonchev–Trinajstić information content (AvgIpc) is 3.07. The maximum absolute atomic E-state index is 10.6. The van der Waals surface area contributed by atoms with E-state index in [2.05, 4.69) is 14.6 Å². The van der Waals surface area contributed by atoms with Crippen molar-refractivity contribution in [3.05, 3.63) is 18.6 Å². The Balaban J connectivity index is 1.88. The molecule has 12 heteroatoms. The summed E-state index contributed by atoms with van der Waals surface area (Å²) in [6.07, 6.45) is -1.72. The quantitative estimate of drug-likeness (QED) is 0.258. The molecule has 24 heavy (non-hydrogen) atoms. The number of hydrogen-bond donors (Lipinski definition) is 5. The number of aliphatic hydroxyl groups excluding tert-OH is 2. The van der Waals surface area contributed by atoms with Gasteiger partial charge in [0.15, 0.2) is 6.23 Å². The van der Waals surface area contributed by atoms with E-state index in [0.29, 0.717) is 11.0 Å². The van der Waals surface area contributed by atoms with Gasteiger partial charge in [0.2, 0.25) is 14.7 Å². The topological polar surface area (TPSA) is 165 Å². The minimum absolute atomic E-state index is 0.266. The number of hydrogen-bond acceptors (Lipinski definition) is 10. The van der Waals surface area contributed by atoms with Crippen molar-refractivity contribution in [1.82, 2.24) is 14.5 Å². The van der Waals surface area contributed by atoms with Gasteiger partial charge in [0.1, 0.15) is 35.8 Å². The maximum Gasteiger partial charge on any atom is 0.232 e. The van der Waals surface area contributed by atoms with E-state index in [1.165, 1.54) is 17.8 Å². The summed E-state index contributed by atoms with van der Waals surface area (Å²) >= 11 is 0. The van der Waals surface area contributed by atoms with Crippen LogP contribution < -0.4 is 5.73 Å². The van der Waals surface area contributed by atoms with Gasteiger partial charge in [-0.25, -0.2) is 9.97 Å². The number of rotatable bonds is 5. The third kappa shape index (κ3) is 2.85. The summed E-state index contributed by atoms with van der Waals surface area (Å²) in [7, 11) is -2.22. The number of nitrogens with two attached hydrogens (primary N) is 1. The Hall–Kier alpha value is -1.43. The molecular weight excluding hydrogens is 343 g/mol. The van der Waals surface area contributed by atoms with E-state index in [1.54, 1.807) is 12.3 Å². The highest BCUT2D eigenvalue weighted by Crippen LogP contribution is 2.42. The molecule has 132 valence electrons. The SMILES string of the molecule is C[C@@]1(O)C(O)[C@@H](OOP(O)CO)O[C@H]1n1ccc2c(N)ncnc21. The molecule has 2 unspecified atom stereocenters. The summed E-state index contributed by atoms with van der Waals surface area (Å²) in [6.45, 7) is 1.36. The van der Waals surface area contributed by atoms with Gasteiger partial charge in [0, 0.05) is 6.20 Å². The summed E-state index contributed by atoms with van der Waals surface area (Å²) in [5, 5.41) is 30.1. The second kappa shape index (κ2) is 6.47. The van der Waals surface area contributed by atoms with E-state index >= 15 is 0 Å². The molecule has 0 radical (unpaired) electrons. The highest BCUT2D eigenvalue weighted by molar-refractivity contribution is 7.45. The minimum atomic E-state index is -2.22. The Morgan fingerprint density at radius 3 is 2.96 bits per heavy atom. The summed E-state index contributed by atoms with van der Waals surface area (Å²) in [4.78, 5) is 22.0. The van der Waals surface area contributed by atoms with Gasteiger partial charge in [-0.2, -0.15) is 9.56 Å². The standard InChI is InChI=1S/C12H17N4O7P/c1-12(19)7(18)10(22-23-24(20)5-17)21-11(12)16-3-2-6-8(13)14-4-15-9(6)16/h2-4,7,10-11,17-20H,5H2,1H3,(H2,13,14,15)/t7?,10-,11-,12-,24?/m1/s1. The van der Waals surface area contributed by atoms with Crippen molar-refractivity contribution in [2.24, 2.45) is 0 Å². The Morgan fingerprint density at radius 2 is 2.25 bits per heavy atom. The lowest BCUT2D eigenvalue weighted by molar-refractivity contribution is -0.332. The molecule has 6 N–H and O–H groups in total. The predicted octanol–water partition coefficient (Wildman–Crippen LogP) is -0.818. The third-order valence-electron chi connectivity index (χ3n) is 3.76. The zero-order chi connectivity index (χ0) is 17.5. The number of aliphatic hydroxyl groups is 3. The van der Waals surface area contributed by atoms with Crippen LogP contribution in [0.1, 0.15) is 13.2 Å². The van der Waals surface area contributed by atoms with Crippen LogP contribution in [-0.4, -0.2) is 59.1 Å². The van der Waals surface area contributed by atoms with Crippen LogP contribution in [0.2, 0.25) is 0 Å². The molecule has 1 saturated heterocycles. The van der Waals surface area contributed by atoms with Gasteiger partial charge in [0.05, 0.1) is 5.39 Å². The largest absolute Gasteiger partial charge is 0.387 e. The summed E-state index contributed by atoms with van der Waals surface area (Å²) in [6, 6.07) is 1.65. The zero-order valence-electron chi connectivity index (χ0n) is 12.6. The van der Waals surface area contributed by atoms with Gasteiger partial charge < -0.3 is 35.3 Å². The lowest BCUT2D eigenvalue weighted by atomic mass is 9.99. The highest BCUT2D eigenvalue weighted by Gasteiger charge is 2.55. The second-order valence-electron chi connectivity index (χ2n) is 5.41. The molecule has 11 nitrogen and oxygen atoms in total. The lowest BCUT2D eigenvalue weighted by Crippen LogP contribution is -2.44. The number of nitrogen functional groups attached to an aromatic ring is 1. The van der Waals surface area contributed by atoms with Gasteiger partial charge in [-0.1, -0.05) is 0 Å². The van der Waals surface area contributed by atoms with Crippen LogP contribution in [0.25, 0.3) is 11.0 Å². The van der Waals surface area contributed by atoms with Crippen molar-refractivity contribution < 1.29 is 34.5 Å². The van der Waals surface area contributed by atoms with E-state index < -0.39 is 38.9 Å². The van der Waals surface area contributed by atoms with Crippen LogP contribution in [0.5, 0.6) is 0 Å². The Labute approximate surface area is 137 Å². The van der Waals surface area contributed by atoms with E-state index in [4.69, 9.17) is 20.5 Å². The minimum Gasteiger partial charge on any atom is -0.387 e. The third-order valence-corrected chi connectivity index (χ3v) is 4.26. The monoisotopic (exact) mass is 360 g/mol. The smallest absolute Gasteiger partial charge is 0.232 e. The highest BCUT2D eigenvalue weighted by atomic mass is 31.2. The lowest BCUT2D eigenvalue weighted by Gasteiger charge is -2.27. The van der Waals surface area contributed by atoms with E-state index in [9.17, 15) is 15.1 Å². The van der Waals surface area contributed by atoms with Crippen LogP contribution in [0.4, 0.5) is 5.82 Å². The molecule has 0 spiro atoms. The molecule has 1 fully saturated rings. The Kier molecular flexibility index (Phi) is 4.69. The van der Waals surface area contributed by atoms with Gasteiger partial charge in [-0.05, 0) is 13.0 Å². The molecule has 2 aromatic heterocycles. The summed E-state index contributed by atoms with van der Waals surface area (Å²) < 4.78 is 11.5. The molecule has 2 aromatic rings. The molecule has 0 aromatic carbocycles. The molecule has 3 rings (SSSR count). The molecule has 0 saturated carbocycles. The molecule has 1 aliphatic rings. The molecule has 5 atom stereocenters. The van der Waals surface area contributed by atoms with Crippen molar-refractivity contribution in [3.63, 3.8) is 0 Å². The van der Waals surface area contributed by atoms with Crippen LogP contribution in [0.3, 0.4) is 0 Å². The molecule has 0 aliphatic carbocycles. The fraction of sp³-hybridized carbons (Fsp3) is 0.500. The van der Waals surface area contributed by atoms with Gasteiger partial charge in [0.25, 0.3) is 0 Å². The van der Waals surface area contributed by atoms with Crippen LogP contribution in [0, 0.1) is 0 Å². The van der Waals surface area contributed by atoms with Gasteiger partial charge >= 0.3 is 0 Å². The van der Waals surface area contributed by atoms with Gasteiger partial charge in [-0.3, -0.25) is 0 Å².